The predicted octanol–water partition coefficient (Wildman–Crippen LogP) is 1.55. The Labute approximate surface area is 91.8 Å². The van der Waals surface area contributed by atoms with Crippen molar-refractivity contribution in [2.24, 2.45) is 0 Å². The van der Waals surface area contributed by atoms with Crippen LogP contribution in [-0.2, 0) is 0 Å². The topological polar surface area (TPSA) is 0 Å². The number of quaternary nitrogens is 2. The van der Waals surface area contributed by atoms with E-state index in [1.165, 1.54) is 0 Å². The van der Waals surface area contributed by atoms with Crippen LogP contribution >= 0.6 is 15.9 Å². The van der Waals surface area contributed by atoms with Gasteiger partial charge in [0.1, 0.15) is 4.32 Å². The van der Waals surface area contributed by atoms with Gasteiger partial charge in [-0.3, -0.25) is 0 Å². The van der Waals surface area contributed by atoms with E-state index in [1.807, 2.05) is 0 Å². The molecular formula is C10H25BrN2+2. The molecule has 0 saturated heterocycles. The van der Waals surface area contributed by atoms with Gasteiger partial charge >= 0.3 is 0 Å². The van der Waals surface area contributed by atoms with Crippen LogP contribution in [0.5, 0.6) is 0 Å². The number of hydrogen-bond donors (Lipinski definition) is 0. The summed E-state index contributed by atoms with van der Waals surface area (Å²) in [5.74, 6) is 0. The third-order valence-corrected chi connectivity index (χ3v) is 2.11. The highest BCUT2D eigenvalue weighted by Crippen LogP contribution is 2.22. The van der Waals surface area contributed by atoms with Crippen molar-refractivity contribution in [1.82, 2.24) is 0 Å². The third kappa shape index (κ3) is 8.72. The van der Waals surface area contributed by atoms with Crippen LogP contribution in [0.2, 0.25) is 0 Å². The molecule has 0 heterocycles. The first-order valence-electron chi connectivity index (χ1n) is 4.71. The van der Waals surface area contributed by atoms with Gasteiger partial charge in [-0.05, 0) is 6.92 Å². The van der Waals surface area contributed by atoms with E-state index in [0.29, 0.717) is 0 Å². The van der Waals surface area contributed by atoms with Gasteiger partial charge in [-0.1, -0.05) is 15.9 Å². The minimum atomic E-state index is 0.226. The first-order valence-corrected chi connectivity index (χ1v) is 5.50. The molecule has 80 valence electrons. The molecule has 0 amide bonds. The van der Waals surface area contributed by atoms with E-state index >= 15 is 0 Å². The quantitative estimate of drug-likeness (QED) is 0.527. The number of rotatable bonds is 4. The highest BCUT2D eigenvalue weighted by molar-refractivity contribution is 9.10. The third-order valence-electron chi connectivity index (χ3n) is 1.61. The number of nitrogens with zero attached hydrogens (tertiary/aromatic N) is 2. The first kappa shape index (κ1) is 13.4. The molecule has 0 rings (SSSR count). The second kappa shape index (κ2) is 3.87. The van der Waals surface area contributed by atoms with E-state index < -0.39 is 0 Å². The first-order chi connectivity index (χ1) is 5.41. The zero-order chi connectivity index (χ0) is 10.9. The molecule has 0 unspecified atom stereocenters. The minimum absolute atomic E-state index is 0.226. The standard InChI is InChI=1S/C10H25BrN2/c1-10(11,8-12(2,3)4)9-13(5,6)7/h8-9H2,1-7H3/q+2. The van der Waals surface area contributed by atoms with Crippen LogP contribution in [0.15, 0.2) is 0 Å². The Bertz CT molecular complexity index is 145. The molecule has 0 bridgehead atoms. The molecule has 0 aliphatic rings. The molecule has 0 aromatic heterocycles. The summed E-state index contributed by atoms with van der Waals surface area (Å²) in [7, 11) is 13.4. The normalized spacial score (nSPS) is 14.8. The van der Waals surface area contributed by atoms with Crippen molar-refractivity contribution in [3.63, 3.8) is 0 Å². The van der Waals surface area contributed by atoms with Gasteiger partial charge in [-0.2, -0.15) is 0 Å². The minimum Gasteiger partial charge on any atom is -0.330 e. The fourth-order valence-corrected chi connectivity index (χ4v) is 3.53. The highest BCUT2D eigenvalue weighted by atomic mass is 79.9. The molecule has 2 nitrogen and oxygen atoms in total. The van der Waals surface area contributed by atoms with E-state index in [1.54, 1.807) is 0 Å². The lowest BCUT2D eigenvalue weighted by atomic mass is 10.1. The van der Waals surface area contributed by atoms with Crippen LogP contribution in [0.25, 0.3) is 0 Å². The maximum atomic E-state index is 3.82. The second-order valence-corrected chi connectivity index (χ2v) is 8.22. The van der Waals surface area contributed by atoms with Crippen molar-refractivity contribution >= 4 is 15.9 Å². The molecule has 0 aliphatic carbocycles. The average molecular weight is 253 g/mol. The fourth-order valence-electron chi connectivity index (χ4n) is 2.03. The van der Waals surface area contributed by atoms with E-state index in [4.69, 9.17) is 0 Å². The average Bonchev–Trinajstić information content (AvgIpc) is 1.43. The van der Waals surface area contributed by atoms with Crippen molar-refractivity contribution in [1.29, 1.82) is 0 Å². The van der Waals surface area contributed by atoms with Crippen molar-refractivity contribution in [2.75, 3.05) is 55.4 Å². The van der Waals surface area contributed by atoms with Crippen LogP contribution < -0.4 is 0 Å². The molecule has 13 heavy (non-hydrogen) atoms. The molecular weight excluding hydrogens is 228 g/mol. The van der Waals surface area contributed by atoms with Crippen molar-refractivity contribution < 1.29 is 8.97 Å². The van der Waals surface area contributed by atoms with Crippen LogP contribution in [0.3, 0.4) is 0 Å². The van der Waals surface area contributed by atoms with Gasteiger partial charge in [-0.15, -0.1) is 0 Å². The van der Waals surface area contributed by atoms with Gasteiger partial charge in [0.25, 0.3) is 0 Å². The van der Waals surface area contributed by atoms with Gasteiger partial charge in [0.2, 0.25) is 0 Å². The van der Waals surface area contributed by atoms with Crippen molar-refractivity contribution in [3.8, 4) is 0 Å². The Morgan fingerprint density at radius 3 is 1.23 bits per heavy atom. The molecule has 0 saturated carbocycles. The number of alkyl halides is 1. The van der Waals surface area contributed by atoms with Gasteiger partial charge in [-0.25, -0.2) is 0 Å². The van der Waals surface area contributed by atoms with Crippen LogP contribution in [-0.4, -0.2) is 68.7 Å². The lowest BCUT2D eigenvalue weighted by Crippen LogP contribution is -2.53. The Hall–Kier alpha value is 0.400. The summed E-state index contributed by atoms with van der Waals surface area (Å²) in [6.45, 7) is 4.56. The van der Waals surface area contributed by atoms with E-state index in [0.717, 1.165) is 22.1 Å². The predicted molar refractivity (Wildman–Crippen MR) is 63.1 cm³/mol. The molecule has 0 aromatic carbocycles. The zero-order valence-electron chi connectivity index (χ0n) is 10.2. The van der Waals surface area contributed by atoms with Gasteiger partial charge in [0.15, 0.2) is 0 Å². The maximum absolute atomic E-state index is 3.82. The van der Waals surface area contributed by atoms with E-state index in [2.05, 4.69) is 65.1 Å². The summed E-state index contributed by atoms with van der Waals surface area (Å²) in [6.07, 6.45) is 0. The molecule has 0 fully saturated rings. The van der Waals surface area contributed by atoms with Crippen LogP contribution in [0, 0.1) is 0 Å². The summed E-state index contributed by atoms with van der Waals surface area (Å²) < 4.78 is 2.23. The summed E-state index contributed by atoms with van der Waals surface area (Å²) in [4.78, 5) is 0. The number of hydrogen-bond acceptors (Lipinski definition) is 0. The smallest absolute Gasteiger partial charge is 0.120 e. The molecule has 0 aromatic rings. The Morgan fingerprint density at radius 2 is 1.08 bits per heavy atom. The Morgan fingerprint density at radius 1 is 0.846 bits per heavy atom. The molecule has 0 aliphatic heterocycles. The Kier molecular flexibility index (Phi) is 3.99. The van der Waals surface area contributed by atoms with Gasteiger partial charge in [0, 0.05) is 0 Å². The molecule has 0 atom stereocenters. The van der Waals surface area contributed by atoms with Crippen LogP contribution in [0.1, 0.15) is 6.92 Å². The largest absolute Gasteiger partial charge is 0.330 e. The van der Waals surface area contributed by atoms with E-state index in [9.17, 15) is 0 Å². The summed E-state index contributed by atoms with van der Waals surface area (Å²) in [5.41, 5.74) is 0. The van der Waals surface area contributed by atoms with Crippen LogP contribution in [0.4, 0.5) is 0 Å². The van der Waals surface area contributed by atoms with Crippen molar-refractivity contribution in [3.05, 3.63) is 0 Å². The van der Waals surface area contributed by atoms with Gasteiger partial charge < -0.3 is 8.97 Å². The summed E-state index contributed by atoms with van der Waals surface area (Å²) in [5, 5.41) is 0. The molecule has 0 N–H and O–H groups in total. The monoisotopic (exact) mass is 252 g/mol. The highest BCUT2D eigenvalue weighted by Gasteiger charge is 2.33. The second-order valence-electron chi connectivity index (χ2n) is 6.31. The lowest BCUT2D eigenvalue weighted by molar-refractivity contribution is -0.892. The van der Waals surface area contributed by atoms with Gasteiger partial charge in [0.05, 0.1) is 55.4 Å². The van der Waals surface area contributed by atoms with Crippen molar-refractivity contribution in [2.45, 2.75) is 11.2 Å². The summed E-state index contributed by atoms with van der Waals surface area (Å²) >= 11 is 3.82. The fraction of sp³-hybridized carbons (Fsp3) is 1.00. The summed E-state index contributed by atoms with van der Waals surface area (Å²) in [6, 6.07) is 0. The van der Waals surface area contributed by atoms with E-state index in [-0.39, 0.29) is 4.32 Å². The number of halogens is 1. The molecule has 0 spiro atoms. The SMILES string of the molecule is CC(Br)(C[N+](C)(C)C)C[N+](C)(C)C. The zero-order valence-corrected chi connectivity index (χ0v) is 11.8. The molecule has 0 radical (unpaired) electrons. The maximum Gasteiger partial charge on any atom is 0.120 e. The molecule has 3 heteroatoms. The lowest BCUT2D eigenvalue weighted by Gasteiger charge is -2.37. The Balaban J connectivity index is 4.25.